The number of hydrogen-bond acceptors (Lipinski definition) is 4. The summed E-state index contributed by atoms with van der Waals surface area (Å²) in [5.41, 5.74) is 8.47. The van der Waals surface area contributed by atoms with E-state index in [1.54, 1.807) is 18.2 Å². The van der Waals surface area contributed by atoms with Crippen LogP contribution < -0.4 is 5.73 Å². The predicted molar refractivity (Wildman–Crippen MR) is 125 cm³/mol. The van der Waals surface area contributed by atoms with E-state index in [2.05, 4.69) is 34.0 Å². The Balaban J connectivity index is 1.45. The molecule has 0 aliphatic carbocycles. The maximum absolute atomic E-state index is 14.8. The first-order valence-electron chi connectivity index (χ1n) is 11.0. The van der Waals surface area contributed by atoms with E-state index in [1.807, 2.05) is 43.3 Å². The zero-order chi connectivity index (χ0) is 22.7. The number of aliphatic imine (C=N–C) groups is 1. The molecule has 0 spiro atoms. The van der Waals surface area contributed by atoms with E-state index in [-0.39, 0.29) is 11.7 Å². The van der Waals surface area contributed by atoms with Crippen LogP contribution in [0.5, 0.6) is 0 Å². The molecule has 2 heterocycles. The highest BCUT2D eigenvalue weighted by molar-refractivity contribution is 5.80. The fourth-order valence-corrected chi connectivity index (χ4v) is 4.15. The third kappa shape index (κ3) is 4.83. The first-order chi connectivity index (χ1) is 15.4. The summed E-state index contributed by atoms with van der Waals surface area (Å²) in [6, 6.07) is 17.1. The molecular weight excluding hydrogens is 405 g/mol. The fourth-order valence-electron chi connectivity index (χ4n) is 4.15. The van der Waals surface area contributed by atoms with E-state index in [0.29, 0.717) is 29.1 Å². The molecule has 1 saturated heterocycles. The lowest BCUT2D eigenvalue weighted by Crippen LogP contribution is -2.47. The lowest BCUT2D eigenvalue weighted by Gasteiger charge is -2.35. The normalized spacial score (nSPS) is 16.5. The van der Waals surface area contributed by atoms with Crippen LogP contribution in [0.3, 0.4) is 0 Å². The maximum atomic E-state index is 14.8. The molecule has 32 heavy (non-hydrogen) atoms. The number of benzene rings is 2. The van der Waals surface area contributed by atoms with E-state index in [0.717, 1.165) is 37.1 Å². The average molecular weight is 436 g/mol. The summed E-state index contributed by atoms with van der Waals surface area (Å²) in [5, 5.41) is 4.06. The third-order valence-corrected chi connectivity index (χ3v) is 6.27. The van der Waals surface area contributed by atoms with E-state index in [9.17, 15) is 4.39 Å². The number of aromatic nitrogens is 1. The molecule has 6 nitrogen and oxygen atoms in total. The summed E-state index contributed by atoms with van der Waals surface area (Å²) < 4.78 is 20.3. The summed E-state index contributed by atoms with van der Waals surface area (Å²) in [7, 11) is 4.22. The molecule has 0 saturated carbocycles. The van der Waals surface area contributed by atoms with Crippen LogP contribution in [-0.2, 0) is 0 Å². The van der Waals surface area contributed by atoms with Crippen molar-refractivity contribution in [3.05, 3.63) is 71.7 Å². The first kappa shape index (κ1) is 22.0. The number of halogens is 1. The van der Waals surface area contributed by atoms with Crippen molar-refractivity contribution in [2.24, 2.45) is 10.7 Å². The van der Waals surface area contributed by atoms with Gasteiger partial charge in [-0.3, -0.25) is 0 Å². The number of nitrogens with two attached hydrogens (primary N) is 1. The molecule has 0 amide bonds. The number of nitrogens with zero attached hydrogens (tertiary/aromatic N) is 4. The summed E-state index contributed by atoms with van der Waals surface area (Å²) in [6.07, 6.45) is 2.10. The Morgan fingerprint density at radius 2 is 1.88 bits per heavy atom. The molecule has 1 aromatic heterocycles. The van der Waals surface area contributed by atoms with Gasteiger partial charge < -0.3 is 20.1 Å². The average Bonchev–Trinajstić information content (AvgIpc) is 3.27. The molecule has 1 aliphatic heterocycles. The van der Waals surface area contributed by atoms with Crippen LogP contribution in [-0.4, -0.2) is 54.1 Å². The first-order valence-corrected chi connectivity index (χ1v) is 11.0. The Morgan fingerprint density at radius 3 is 2.53 bits per heavy atom. The Hall–Kier alpha value is -3.19. The molecule has 0 bridgehead atoms. The van der Waals surface area contributed by atoms with Crippen LogP contribution in [0.2, 0.25) is 0 Å². The highest BCUT2D eigenvalue weighted by atomic mass is 19.1. The topological polar surface area (TPSA) is 70.9 Å². The van der Waals surface area contributed by atoms with Crippen molar-refractivity contribution in [3.8, 4) is 11.1 Å². The molecule has 1 atom stereocenters. The number of rotatable bonds is 5. The van der Waals surface area contributed by atoms with E-state index in [1.165, 1.54) is 0 Å². The van der Waals surface area contributed by atoms with Gasteiger partial charge in [-0.05, 0) is 44.1 Å². The van der Waals surface area contributed by atoms with Crippen molar-refractivity contribution >= 4 is 11.8 Å². The van der Waals surface area contributed by atoms with Gasteiger partial charge in [-0.1, -0.05) is 54.5 Å². The van der Waals surface area contributed by atoms with Gasteiger partial charge in [-0.2, -0.15) is 4.99 Å². The van der Waals surface area contributed by atoms with Gasteiger partial charge in [0.1, 0.15) is 11.6 Å². The smallest absolute Gasteiger partial charge is 0.198 e. The van der Waals surface area contributed by atoms with Crippen molar-refractivity contribution in [2.75, 3.05) is 27.2 Å². The van der Waals surface area contributed by atoms with Crippen LogP contribution in [0.1, 0.15) is 37.0 Å². The van der Waals surface area contributed by atoms with Gasteiger partial charge in [0, 0.05) is 36.7 Å². The van der Waals surface area contributed by atoms with Gasteiger partial charge in [0.2, 0.25) is 0 Å². The van der Waals surface area contributed by atoms with Crippen LogP contribution in [0.4, 0.5) is 10.2 Å². The van der Waals surface area contributed by atoms with E-state index in [4.69, 9.17) is 10.3 Å². The van der Waals surface area contributed by atoms with Crippen molar-refractivity contribution in [1.29, 1.82) is 0 Å². The standard InChI is InChI=1S/C25H30FN5O/c1-17(19-9-10-21(22(26)15-19)18-7-5-4-6-8-18)23-16-24(29-32-23)28-25(27)31-13-11-20(12-14-31)30(2)3/h4-10,15-17,20H,11-14H2,1-3H3,(H2,27,28,29). The summed E-state index contributed by atoms with van der Waals surface area (Å²) >= 11 is 0. The molecule has 0 radical (unpaired) electrons. The van der Waals surface area contributed by atoms with Crippen molar-refractivity contribution in [3.63, 3.8) is 0 Å². The SMILES string of the molecule is CC(c1ccc(-c2ccccc2)c(F)c1)c1cc(N=C(N)N2CCC(N(C)C)CC2)no1. The summed E-state index contributed by atoms with van der Waals surface area (Å²) in [5.74, 6) is 1.08. The Labute approximate surface area is 188 Å². The number of likely N-dealkylation sites (tertiary alicyclic amines) is 1. The molecule has 2 N–H and O–H groups in total. The van der Waals surface area contributed by atoms with Gasteiger partial charge in [0.05, 0.1) is 0 Å². The zero-order valence-corrected chi connectivity index (χ0v) is 18.8. The minimum Gasteiger partial charge on any atom is -0.369 e. The van der Waals surface area contributed by atoms with E-state index >= 15 is 0 Å². The monoisotopic (exact) mass is 435 g/mol. The van der Waals surface area contributed by atoms with Crippen molar-refractivity contribution in [1.82, 2.24) is 15.0 Å². The van der Waals surface area contributed by atoms with Gasteiger partial charge in [0.15, 0.2) is 11.8 Å². The Kier molecular flexibility index (Phi) is 6.55. The largest absolute Gasteiger partial charge is 0.369 e. The second kappa shape index (κ2) is 9.53. The van der Waals surface area contributed by atoms with Crippen molar-refractivity contribution in [2.45, 2.75) is 31.7 Å². The fraction of sp³-hybridized carbons (Fsp3) is 0.360. The van der Waals surface area contributed by atoms with Crippen LogP contribution in [0, 0.1) is 5.82 Å². The minimum atomic E-state index is -0.260. The summed E-state index contributed by atoms with van der Waals surface area (Å²) in [6.45, 7) is 3.69. The van der Waals surface area contributed by atoms with Gasteiger partial charge in [0.25, 0.3) is 0 Å². The van der Waals surface area contributed by atoms with Gasteiger partial charge in [-0.15, -0.1) is 0 Å². The minimum absolute atomic E-state index is 0.164. The molecule has 2 aromatic carbocycles. The second-order valence-corrected chi connectivity index (χ2v) is 8.57. The number of hydrogen-bond donors (Lipinski definition) is 1. The van der Waals surface area contributed by atoms with Crippen LogP contribution in [0.15, 0.2) is 64.1 Å². The van der Waals surface area contributed by atoms with Crippen molar-refractivity contribution < 1.29 is 8.91 Å². The molecule has 1 aliphatic rings. The van der Waals surface area contributed by atoms with E-state index < -0.39 is 0 Å². The summed E-state index contributed by atoms with van der Waals surface area (Å²) in [4.78, 5) is 8.78. The molecule has 168 valence electrons. The van der Waals surface area contributed by atoms with Crippen LogP contribution in [0.25, 0.3) is 11.1 Å². The Bertz CT molecular complexity index is 1070. The predicted octanol–water partition coefficient (Wildman–Crippen LogP) is 4.60. The highest BCUT2D eigenvalue weighted by Crippen LogP contribution is 2.31. The lowest BCUT2D eigenvalue weighted by molar-refractivity contribution is 0.190. The molecular formula is C25H30FN5O. The number of guanidine groups is 1. The number of piperidine rings is 1. The molecule has 1 fully saturated rings. The molecule has 4 rings (SSSR count). The molecule has 1 unspecified atom stereocenters. The van der Waals surface area contributed by atoms with Gasteiger partial charge in [-0.25, -0.2) is 4.39 Å². The third-order valence-electron chi connectivity index (χ3n) is 6.27. The zero-order valence-electron chi connectivity index (χ0n) is 18.8. The maximum Gasteiger partial charge on any atom is 0.198 e. The second-order valence-electron chi connectivity index (χ2n) is 8.57. The molecule has 3 aromatic rings. The quantitative estimate of drug-likeness (QED) is 0.468. The van der Waals surface area contributed by atoms with Gasteiger partial charge >= 0.3 is 0 Å². The molecule has 7 heteroatoms. The highest BCUT2D eigenvalue weighted by Gasteiger charge is 2.22. The Morgan fingerprint density at radius 1 is 1.16 bits per heavy atom. The lowest BCUT2D eigenvalue weighted by atomic mass is 9.95. The van der Waals surface area contributed by atoms with Crippen LogP contribution >= 0.6 is 0 Å².